The van der Waals surface area contributed by atoms with Crippen LogP contribution < -0.4 is 5.32 Å². The van der Waals surface area contributed by atoms with Crippen LogP contribution in [0.3, 0.4) is 0 Å². The van der Waals surface area contributed by atoms with E-state index in [1.54, 1.807) is 6.92 Å². The van der Waals surface area contributed by atoms with Gasteiger partial charge in [0, 0.05) is 12.1 Å². The van der Waals surface area contributed by atoms with Gasteiger partial charge in [-0.25, -0.2) is 4.79 Å². The van der Waals surface area contributed by atoms with Gasteiger partial charge in [0.1, 0.15) is 0 Å². The Balaban J connectivity index is 1.68. The minimum Gasteiger partial charge on any atom is -0.450 e. The van der Waals surface area contributed by atoms with Gasteiger partial charge >= 0.3 is 5.97 Å². The quantitative estimate of drug-likeness (QED) is 0.793. The van der Waals surface area contributed by atoms with E-state index in [9.17, 15) is 9.59 Å². The summed E-state index contributed by atoms with van der Waals surface area (Å²) in [7, 11) is 0. The van der Waals surface area contributed by atoms with Gasteiger partial charge in [-0.05, 0) is 32.3 Å². The molecule has 0 aliphatic rings. The molecule has 0 saturated heterocycles. The van der Waals surface area contributed by atoms with Gasteiger partial charge in [0.05, 0.1) is 5.69 Å². The van der Waals surface area contributed by atoms with Gasteiger partial charge in [-0.3, -0.25) is 4.79 Å². The summed E-state index contributed by atoms with van der Waals surface area (Å²) < 4.78 is 9.65. The second kappa shape index (κ2) is 8.12. The molecule has 0 spiro atoms. The van der Waals surface area contributed by atoms with Gasteiger partial charge in [0.25, 0.3) is 5.91 Å². The molecule has 1 heterocycles. The Labute approximate surface area is 134 Å². The molecule has 0 aliphatic carbocycles. The van der Waals surface area contributed by atoms with E-state index in [-0.39, 0.29) is 24.3 Å². The third kappa shape index (κ3) is 5.58. The summed E-state index contributed by atoms with van der Waals surface area (Å²) in [4.78, 5) is 23.4. The van der Waals surface area contributed by atoms with Crippen LogP contribution >= 0.6 is 0 Å². The molecular weight excluding hydrogens is 296 g/mol. The highest BCUT2D eigenvalue weighted by Crippen LogP contribution is 2.05. The molecule has 1 N–H and O–H groups in total. The molecule has 1 atom stereocenters. The Kier molecular flexibility index (Phi) is 5.91. The Morgan fingerprint density at radius 3 is 2.70 bits per heavy atom. The zero-order valence-electron chi connectivity index (χ0n) is 13.2. The molecule has 6 heteroatoms. The molecule has 2 aromatic rings. The second-order valence-corrected chi connectivity index (χ2v) is 5.40. The standard InChI is InChI=1S/C17H20N2O4/c1-12(8-9-14-6-4-3-5-7-14)18-16(20)11-22-17(21)15-10-13(2)19-23-15/h3-7,10,12H,8-9,11H2,1-2H3,(H,18,20)/t12-/m0/s1. The molecule has 0 radical (unpaired) electrons. The van der Waals surface area contributed by atoms with Crippen molar-refractivity contribution >= 4 is 11.9 Å². The predicted octanol–water partition coefficient (Wildman–Crippen LogP) is 2.28. The fraction of sp³-hybridized carbons (Fsp3) is 0.353. The van der Waals surface area contributed by atoms with Crippen molar-refractivity contribution in [3.05, 3.63) is 53.4 Å². The predicted molar refractivity (Wildman–Crippen MR) is 83.9 cm³/mol. The lowest BCUT2D eigenvalue weighted by Crippen LogP contribution is -2.36. The van der Waals surface area contributed by atoms with Crippen LogP contribution in [0.5, 0.6) is 0 Å². The largest absolute Gasteiger partial charge is 0.450 e. The van der Waals surface area contributed by atoms with Crippen molar-refractivity contribution in [2.75, 3.05) is 6.61 Å². The van der Waals surface area contributed by atoms with Crippen molar-refractivity contribution in [1.82, 2.24) is 10.5 Å². The number of carbonyl (C=O) groups excluding carboxylic acids is 2. The number of aromatic nitrogens is 1. The first-order valence-electron chi connectivity index (χ1n) is 7.48. The first-order valence-corrected chi connectivity index (χ1v) is 7.48. The molecule has 6 nitrogen and oxygen atoms in total. The molecule has 0 fully saturated rings. The number of benzene rings is 1. The van der Waals surface area contributed by atoms with Crippen molar-refractivity contribution in [3.8, 4) is 0 Å². The summed E-state index contributed by atoms with van der Waals surface area (Å²) in [6, 6.07) is 11.5. The summed E-state index contributed by atoms with van der Waals surface area (Å²) >= 11 is 0. The van der Waals surface area contributed by atoms with Gasteiger partial charge < -0.3 is 14.6 Å². The van der Waals surface area contributed by atoms with Crippen LogP contribution in [-0.2, 0) is 16.0 Å². The molecule has 122 valence electrons. The Morgan fingerprint density at radius 2 is 2.04 bits per heavy atom. The van der Waals surface area contributed by atoms with E-state index in [4.69, 9.17) is 9.26 Å². The fourth-order valence-corrected chi connectivity index (χ4v) is 2.08. The Bertz CT molecular complexity index is 652. The maximum absolute atomic E-state index is 11.8. The molecular formula is C17H20N2O4. The van der Waals surface area contributed by atoms with Crippen LogP contribution in [0.4, 0.5) is 0 Å². The third-order valence-corrected chi connectivity index (χ3v) is 3.28. The number of nitrogens with one attached hydrogen (secondary N) is 1. The molecule has 0 aliphatic heterocycles. The van der Waals surface area contributed by atoms with Crippen LogP contribution in [-0.4, -0.2) is 29.7 Å². The first kappa shape index (κ1) is 16.7. The van der Waals surface area contributed by atoms with E-state index in [0.717, 1.165) is 12.8 Å². The third-order valence-electron chi connectivity index (χ3n) is 3.28. The van der Waals surface area contributed by atoms with E-state index in [2.05, 4.69) is 22.6 Å². The lowest BCUT2D eigenvalue weighted by molar-refractivity contribution is -0.124. The number of rotatable bonds is 7. The van der Waals surface area contributed by atoms with Crippen LogP contribution in [0, 0.1) is 6.92 Å². The number of hydrogen-bond acceptors (Lipinski definition) is 5. The minimum atomic E-state index is -0.697. The summed E-state index contributed by atoms with van der Waals surface area (Å²) in [5.74, 6) is -1.04. The van der Waals surface area contributed by atoms with E-state index in [1.165, 1.54) is 11.6 Å². The van der Waals surface area contributed by atoms with Crippen molar-refractivity contribution in [1.29, 1.82) is 0 Å². The highest BCUT2D eigenvalue weighted by molar-refractivity contribution is 5.88. The lowest BCUT2D eigenvalue weighted by atomic mass is 10.1. The summed E-state index contributed by atoms with van der Waals surface area (Å²) in [5, 5.41) is 6.39. The van der Waals surface area contributed by atoms with Crippen LogP contribution in [0.2, 0.25) is 0 Å². The van der Waals surface area contributed by atoms with Gasteiger partial charge in [0.2, 0.25) is 5.76 Å². The summed E-state index contributed by atoms with van der Waals surface area (Å²) in [6.07, 6.45) is 1.68. The highest BCUT2D eigenvalue weighted by Gasteiger charge is 2.15. The molecule has 1 amide bonds. The van der Waals surface area contributed by atoms with E-state index >= 15 is 0 Å². The molecule has 1 aromatic carbocycles. The number of esters is 1. The smallest absolute Gasteiger partial charge is 0.377 e. The molecule has 0 unspecified atom stereocenters. The topological polar surface area (TPSA) is 81.4 Å². The van der Waals surface area contributed by atoms with E-state index in [1.807, 2.05) is 25.1 Å². The number of amides is 1. The zero-order valence-corrected chi connectivity index (χ0v) is 13.2. The van der Waals surface area contributed by atoms with Crippen LogP contribution in [0.15, 0.2) is 40.9 Å². The number of ether oxygens (including phenoxy) is 1. The monoisotopic (exact) mass is 316 g/mol. The number of aryl methyl sites for hydroxylation is 2. The average molecular weight is 316 g/mol. The van der Waals surface area contributed by atoms with Crippen LogP contribution in [0.25, 0.3) is 0 Å². The van der Waals surface area contributed by atoms with Gasteiger partial charge in [0.15, 0.2) is 6.61 Å². The number of nitrogens with zero attached hydrogens (tertiary/aromatic N) is 1. The number of hydrogen-bond donors (Lipinski definition) is 1. The first-order chi connectivity index (χ1) is 11.0. The van der Waals surface area contributed by atoms with Gasteiger partial charge in [-0.2, -0.15) is 0 Å². The van der Waals surface area contributed by atoms with Gasteiger partial charge in [-0.1, -0.05) is 35.5 Å². The maximum Gasteiger partial charge on any atom is 0.377 e. The Morgan fingerprint density at radius 1 is 1.30 bits per heavy atom. The molecule has 2 rings (SSSR count). The average Bonchev–Trinajstić information content (AvgIpc) is 2.98. The summed E-state index contributed by atoms with van der Waals surface area (Å²) in [6.45, 7) is 3.28. The molecule has 23 heavy (non-hydrogen) atoms. The van der Waals surface area contributed by atoms with Gasteiger partial charge in [-0.15, -0.1) is 0 Å². The molecule has 1 aromatic heterocycles. The zero-order chi connectivity index (χ0) is 16.7. The van der Waals surface area contributed by atoms with Crippen molar-refractivity contribution in [3.63, 3.8) is 0 Å². The number of carbonyl (C=O) groups is 2. The van der Waals surface area contributed by atoms with Crippen molar-refractivity contribution < 1.29 is 18.8 Å². The second-order valence-electron chi connectivity index (χ2n) is 5.40. The van der Waals surface area contributed by atoms with Crippen molar-refractivity contribution in [2.45, 2.75) is 32.7 Å². The SMILES string of the molecule is Cc1cc(C(=O)OCC(=O)N[C@@H](C)CCc2ccccc2)on1. The maximum atomic E-state index is 11.8. The molecule has 0 saturated carbocycles. The minimum absolute atomic E-state index is 0.00562. The van der Waals surface area contributed by atoms with E-state index < -0.39 is 5.97 Å². The normalized spacial score (nSPS) is 11.7. The Hall–Kier alpha value is -2.63. The summed E-state index contributed by atoms with van der Waals surface area (Å²) in [5.41, 5.74) is 1.80. The van der Waals surface area contributed by atoms with E-state index in [0.29, 0.717) is 5.69 Å². The fourth-order valence-electron chi connectivity index (χ4n) is 2.08. The lowest BCUT2D eigenvalue weighted by Gasteiger charge is -2.13. The highest BCUT2D eigenvalue weighted by atomic mass is 16.6. The van der Waals surface area contributed by atoms with Crippen molar-refractivity contribution in [2.24, 2.45) is 0 Å². The molecule has 0 bridgehead atoms. The van der Waals surface area contributed by atoms with Crippen LogP contribution in [0.1, 0.15) is 35.2 Å².